The van der Waals surface area contributed by atoms with Gasteiger partial charge in [-0.1, -0.05) is 45.4 Å². The predicted octanol–water partition coefficient (Wildman–Crippen LogP) is 2.23. The van der Waals surface area contributed by atoms with Crippen LogP contribution in [-0.2, 0) is 9.68 Å². The van der Waals surface area contributed by atoms with E-state index in [9.17, 15) is 0 Å². The van der Waals surface area contributed by atoms with Gasteiger partial charge in [0.05, 0.1) is 0 Å². The first-order valence-electron chi connectivity index (χ1n) is 5.56. The van der Waals surface area contributed by atoms with Crippen LogP contribution in [0.5, 0.6) is 0 Å². The Kier molecular flexibility index (Phi) is 10.8. The van der Waals surface area contributed by atoms with E-state index in [0.29, 0.717) is 0 Å². The van der Waals surface area contributed by atoms with Crippen molar-refractivity contribution in [1.29, 1.82) is 0 Å². The first-order valence-corrected chi connectivity index (χ1v) is 5.56. The van der Waals surface area contributed by atoms with Crippen LogP contribution in [-0.4, -0.2) is 6.29 Å². The van der Waals surface area contributed by atoms with Gasteiger partial charge in [0.25, 0.3) is 0 Å². The fraction of sp³-hybridized carbons (Fsp3) is 1.00. The number of hydrogen-bond donors (Lipinski definition) is 2. The van der Waals surface area contributed by atoms with Crippen LogP contribution in [0.25, 0.3) is 0 Å². The zero-order valence-corrected chi connectivity index (χ0v) is 9.21. The summed E-state index contributed by atoms with van der Waals surface area (Å²) < 4.78 is 0. The Bertz CT molecular complexity index is 108. The highest BCUT2D eigenvalue weighted by molar-refractivity contribution is 4.47. The van der Waals surface area contributed by atoms with E-state index >= 15 is 0 Å². The highest BCUT2D eigenvalue weighted by atomic mass is 16.8. The van der Waals surface area contributed by atoms with Crippen LogP contribution in [0.4, 0.5) is 0 Å². The maximum Gasteiger partial charge on any atom is 0.196 e. The van der Waals surface area contributed by atoms with Gasteiger partial charge in [-0.15, -0.1) is 0 Å². The normalized spacial score (nSPS) is 11.1. The van der Waals surface area contributed by atoms with E-state index in [0.717, 1.165) is 12.8 Å². The van der Waals surface area contributed by atoms with Crippen LogP contribution in [0.2, 0.25) is 0 Å². The van der Waals surface area contributed by atoms with E-state index in [2.05, 4.69) is 16.6 Å². The lowest BCUT2D eigenvalue weighted by Gasteiger charge is -2.10. The molecule has 14 heavy (non-hydrogen) atoms. The van der Waals surface area contributed by atoms with Crippen molar-refractivity contribution in [3.63, 3.8) is 0 Å². The highest BCUT2D eigenvalue weighted by Crippen LogP contribution is 2.10. The lowest BCUT2D eigenvalue weighted by molar-refractivity contribution is -0.152. The summed E-state index contributed by atoms with van der Waals surface area (Å²) in [7, 11) is 0. The summed E-state index contributed by atoms with van der Waals surface area (Å²) in [6.07, 6.45) is 9.20. The fourth-order valence-electron chi connectivity index (χ4n) is 1.44. The Labute approximate surface area is 86.8 Å². The van der Waals surface area contributed by atoms with Crippen molar-refractivity contribution in [3.8, 4) is 0 Å². The highest BCUT2D eigenvalue weighted by Gasteiger charge is 2.04. The molecule has 0 saturated heterocycles. The van der Waals surface area contributed by atoms with Crippen LogP contribution in [0, 0.1) is 0 Å². The zero-order valence-electron chi connectivity index (χ0n) is 9.21. The van der Waals surface area contributed by atoms with Crippen molar-refractivity contribution in [1.82, 2.24) is 0 Å². The Morgan fingerprint density at radius 3 is 1.86 bits per heavy atom. The maximum absolute atomic E-state index is 4.96. The lowest BCUT2D eigenvalue weighted by Crippen LogP contribution is -2.24. The van der Waals surface area contributed by atoms with E-state index in [4.69, 9.17) is 11.8 Å². The summed E-state index contributed by atoms with van der Waals surface area (Å²) in [4.78, 5) is 8.99. The van der Waals surface area contributed by atoms with E-state index < -0.39 is 6.29 Å². The quantitative estimate of drug-likeness (QED) is 0.325. The average molecular weight is 204 g/mol. The second-order valence-corrected chi connectivity index (χ2v) is 3.61. The topological polar surface area (TPSA) is 70.5 Å². The second kappa shape index (κ2) is 10.9. The summed E-state index contributed by atoms with van der Waals surface area (Å²) in [5.41, 5.74) is 0. The van der Waals surface area contributed by atoms with Gasteiger partial charge in [-0.25, -0.2) is 11.8 Å². The van der Waals surface area contributed by atoms with Gasteiger partial charge in [0.1, 0.15) is 0 Å². The lowest BCUT2D eigenvalue weighted by atomic mass is 10.1. The van der Waals surface area contributed by atoms with E-state index in [1.54, 1.807) is 0 Å². The van der Waals surface area contributed by atoms with Crippen LogP contribution in [0.3, 0.4) is 0 Å². The molecule has 0 spiro atoms. The third-order valence-corrected chi connectivity index (χ3v) is 2.35. The Hall–Kier alpha value is -0.160. The molecule has 86 valence electrons. The smallest absolute Gasteiger partial charge is 0.196 e. The monoisotopic (exact) mass is 204 g/mol. The van der Waals surface area contributed by atoms with Crippen LogP contribution in [0.15, 0.2) is 0 Å². The van der Waals surface area contributed by atoms with Crippen molar-refractivity contribution in [2.75, 3.05) is 0 Å². The number of nitrogens with two attached hydrogens (primary N) is 2. The Balaban J connectivity index is 3.04. The standard InChI is InChI=1S/C10H24N2O2/c1-2-3-4-5-6-7-8-9-10(13-11)14-12/h10H,2-9,11-12H2,1H3. The molecule has 4 nitrogen and oxygen atoms in total. The van der Waals surface area contributed by atoms with Gasteiger partial charge < -0.3 is 0 Å². The predicted molar refractivity (Wildman–Crippen MR) is 56.9 cm³/mol. The molecule has 0 unspecified atom stereocenters. The molecule has 0 radical (unpaired) electrons. The Morgan fingerprint density at radius 1 is 0.857 bits per heavy atom. The molecular formula is C10H24N2O2. The molecule has 4 heteroatoms. The largest absolute Gasteiger partial charge is 0.271 e. The summed E-state index contributed by atoms with van der Waals surface area (Å²) >= 11 is 0. The molecule has 0 aliphatic carbocycles. The van der Waals surface area contributed by atoms with E-state index in [1.807, 2.05) is 0 Å². The molecule has 0 rings (SSSR count). The van der Waals surface area contributed by atoms with Gasteiger partial charge in [0, 0.05) is 6.42 Å². The van der Waals surface area contributed by atoms with Crippen molar-refractivity contribution < 1.29 is 9.68 Å². The van der Waals surface area contributed by atoms with Gasteiger partial charge >= 0.3 is 0 Å². The number of rotatable bonds is 10. The van der Waals surface area contributed by atoms with Gasteiger partial charge in [-0.2, -0.15) is 0 Å². The molecule has 0 bridgehead atoms. The third-order valence-electron chi connectivity index (χ3n) is 2.35. The van der Waals surface area contributed by atoms with Crippen molar-refractivity contribution in [2.45, 2.75) is 64.6 Å². The minimum absolute atomic E-state index is 0.439. The third kappa shape index (κ3) is 8.44. The molecule has 0 aromatic rings. The molecule has 0 saturated carbocycles. The molecule has 4 N–H and O–H groups in total. The first-order chi connectivity index (χ1) is 6.85. The average Bonchev–Trinajstić information content (AvgIpc) is 2.22. The van der Waals surface area contributed by atoms with Crippen LogP contribution >= 0.6 is 0 Å². The SMILES string of the molecule is CCCCCCCCCC(ON)ON. The van der Waals surface area contributed by atoms with Crippen molar-refractivity contribution >= 4 is 0 Å². The van der Waals surface area contributed by atoms with Crippen molar-refractivity contribution in [3.05, 3.63) is 0 Å². The van der Waals surface area contributed by atoms with E-state index in [-0.39, 0.29) is 0 Å². The molecule has 0 fully saturated rings. The number of unbranched alkanes of at least 4 members (excludes halogenated alkanes) is 6. The van der Waals surface area contributed by atoms with Gasteiger partial charge in [0.15, 0.2) is 6.29 Å². The molecule has 0 atom stereocenters. The molecule has 0 aliphatic heterocycles. The Morgan fingerprint density at radius 2 is 1.36 bits per heavy atom. The van der Waals surface area contributed by atoms with Crippen LogP contribution < -0.4 is 11.8 Å². The van der Waals surface area contributed by atoms with Gasteiger partial charge in [-0.3, -0.25) is 9.68 Å². The fourth-order valence-corrected chi connectivity index (χ4v) is 1.44. The number of hydrogen-bond acceptors (Lipinski definition) is 4. The molecule has 0 amide bonds. The van der Waals surface area contributed by atoms with Gasteiger partial charge in [-0.05, 0) is 6.42 Å². The van der Waals surface area contributed by atoms with Gasteiger partial charge in [0.2, 0.25) is 0 Å². The summed E-state index contributed by atoms with van der Waals surface area (Å²) in [5.74, 6) is 9.92. The second-order valence-electron chi connectivity index (χ2n) is 3.61. The van der Waals surface area contributed by atoms with Crippen molar-refractivity contribution in [2.24, 2.45) is 11.8 Å². The molecule has 0 aromatic heterocycles. The molecule has 0 aliphatic rings. The molecular weight excluding hydrogens is 180 g/mol. The summed E-state index contributed by atoms with van der Waals surface area (Å²) in [6, 6.07) is 0. The summed E-state index contributed by atoms with van der Waals surface area (Å²) in [5, 5.41) is 0. The first kappa shape index (κ1) is 13.8. The minimum atomic E-state index is -0.439. The van der Waals surface area contributed by atoms with Crippen LogP contribution in [0.1, 0.15) is 58.3 Å². The minimum Gasteiger partial charge on any atom is -0.271 e. The molecule has 0 heterocycles. The summed E-state index contributed by atoms with van der Waals surface area (Å²) in [6.45, 7) is 2.22. The zero-order chi connectivity index (χ0) is 10.6. The molecule has 0 aromatic carbocycles. The van der Waals surface area contributed by atoms with E-state index in [1.165, 1.54) is 38.5 Å². The maximum atomic E-state index is 4.96.